The van der Waals surface area contributed by atoms with Gasteiger partial charge in [-0.05, 0) is 18.2 Å². The molecule has 0 unspecified atom stereocenters. The van der Waals surface area contributed by atoms with E-state index in [2.05, 4.69) is 5.10 Å². The molecular formula is C10H7F4N3. The van der Waals surface area contributed by atoms with Crippen LogP contribution < -0.4 is 5.73 Å². The molecule has 0 atom stereocenters. The number of halogens is 4. The molecule has 2 rings (SSSR count). The monoisotopic (exact) mass is 245 g/mol. The first kappa shape index (κ1) is 11.4. The predicted octanol–water partition coefficient (Wildman–Crippen LogP) is 2.61. The highest BCUT2D eigenvalue weighted by atomic mass is 19.4. The maximum absolute atomic E-state index is 12.9. The summed E-state index contributed by atoms with van der Waals surface area (Å²) in [7, 11) is 0. The summed E-state index contributed by atoms with van der Waals surface area (Å²) in [5, 5.41) is 3.29. The fourth-order valence-corrected chi connectivity index (χ4v) is 1.35. The zero-order chi connectivity index (χ0) is 12.6. The average Bonchev–Trinajstić information content (AvgIpc) is 2.60. The smallest absolute Gasteiger partial charge is 0.384 e. The van der Waals surface area contributed by atoms with Crippen LogP contribution in [0.4, 0.5) is 23.4 Å². The van der Waals surface area contributed by atoms with Crippen LogP contribution in [-0.2, 0) is 6.18 Å². The minimum Gasteiger partial charge on any atom is -0.384 e. The van der Waals surface area contributed by atoms with Crippen LogP contribution in [0.5, 0.6) is 0 Å². The van der Waals surface area contributed by atoms with Crippen LogP contribution >= 0.6 is 0 Å². The van der Waals surface area contributed by atoms with Gasteiger partial charge in [-0.3, -0.25) is 0 Å². The molecule has 0 aliphatic heterocycles. The molecule has 0 aliphatic carbocycles. The molecule has 1 heterocycles. The van der Waals surface area contributed by atoms with Gasteiger partial charge in [0.1, 0.15) is 11.6 Å². The number of nitrogens with zero attached hydrogens (tertiary/aromatic N) is 2. The van der Waals surface area contributed by atoms with Gasteiger partial charge in [-0.15, -0.1) is 0 Å². The summed E-state index contributed by atoms with van der Waals surface area (Å²) in [6.45, 7) is 0. The van der Waals surface area contributed by atoms with Gasteiger partial charge in [0.15, 0.2) is 5.69 Å². The lowest BCUT2D eigenvalue weighted by atomic mass is 10.3. The summed E-state index contributed by atoms with van der Waals surface area (Å²) in [6.07, 6.45) is -4.58. The van der Waals surface area contributed by atoms with Crippen molar-refractivity contribution in [3.63, 3.8) is 0 Å². The average molecular weight is 245 g/mol. The number of nitrogen functional groups attached to an aromatic ring is 1. The summed E-state index contributed by atoms with van der Waals surface area (Å²) in [5.41, 5.74) is 4.42. The van der Waals surface area contributed by atoms with E-state index in [1.165, 1.54) is 18.2 Å². The lowest BCUT2D eigenvalue weighted by Gasteiger charge is -2.04. The van der Waals surface area contributed by atoms with Crippen molar-refractivity contribution < 1.29 is 17.6 Å². The van der Waals surface area contributed by atoms with Crippen molar-refractivity contribution in [3.05, 3.63) is 41.8 Å². The highest BCUT2D eigenvalue weighted by Gasteiger charge is 2.34. The van der Waals surface area contributed by atoms with E-state index in [0.29, 0.717) is 6.07 Å². The van der Waals surface area contributed by atoms with Gasteiger partial charge >= 0.3 is 6.18 Å². The first-order valence-corrected chi connectivity index (χ1v) is 4.56. The number of rotatable bonds is 1. The van der Waals surface area contributed by atoms with Crippen LogP contribution in [0.3, 0.4) is 0 Å². The minimum atomic E-state index is -4.58. The largest absolute Gasteiger partial charge is 0.435 e. The van der Waals surface area contributed by atoms with Crippen molar-refractivity contribution >= 4 is 5.82 Å². The van der Waals surface area contributed by atoms with Crippen LogP contribution in [-0.4, -0.2) is 9.78 Å². The van der Waals surface area contributed by atoms with Crippen LogP contribution in [0.25, 0.3) is 5.69 Å². The Morgan fingerprint density at radius 1 is 1.18 bits per heavy atom. The van der Waals surface area contributed by atoms with Crippen molar-refractivity contribution in [1.82, 2.24) is 9.78 Å². The number of anilines is 1. The first-order chi connectivity index (χ1) is 7.88. The van der Waals surface area contributed by atoms with E-state index < -0.39 is 17.7 Å². The fraction of sp³-hybridized carbons (Fsp3) is 0.100. The minimum absolute atomic E-state index is 0.137. The van der Waals surface area contributed by atoms with E-state index >= 15 is 0 Å². The molecule has 1 aromatic carbocycles. The molecule has 17 heavy (non-hydrogen) atoms. The summed E-state index contributed by atoms with van der Waals surface area (Å²) in [5.74, 6) is -0.783. The summed E-state index contributed by atoms with van der Waals surface area (Å²) < 4.78 is 50.9. The Bertz CT molecular complexity index is 545. The van der Waals surface area contributed by atoms with Gasteiger partial charge < -0.3 is 5.73 Å². The van der Waals surface area contributed by atoms with Gasteiger partial charge in [-0.1, -0.05) is 6.07 Å². The Morgan fingerprint density at radius 3 is 2.41 bits per heavy atom. The molecule has 0 aliphatic rings. The van der Waals surface area contributed by atoms with Crippen LogP contribution in [0.1, 0.15) is 5.69 Å². The van der Waals surface area contributed by atoms with Gasteiger partial charge in [-0.2, -0.15) is 18.3 Å². The number of aromatic nitrogens is 2. The van der Waals surface area contributed by atoms with Gasteiger partial charge in [0.05, 0.1) is 5.69 Å². The second-order valence-electron chi connectivity index (χ2n) is 3.34. The normalized spacial score (nSPS) is 11.8. The van der Waals surface area contributed by atoms with E-state index in [9.17, 15) is 17.6 Å². The van der Waals surface area contributed by atoms with E-state index in [1.54, 1.807) is 0 Å². The Hall–Kier alpha value is -2.05. The Balaban J connectivity index is 2.50. The second-order valence-corrected chi connectivity index (χ2v) is 3.34. The number of alkyl halides is 3. The van der Waals surface area contributed by atoms with E-state index in [1.807, 2.05) is 0 Å². The molecule has 1 aromatic heterocycles. The van der Waals surface area contributed by atoms with Crippen LogP contribution in [0.15, 0.2) is 30.3 Å². The quantitative estimate of drug-likeness (QED) is 0.785. The third-order valence-corrected chi connectivity index (χ3v) is 2.08. The molecule has 0 spiro atoms. The lowest BCUT2D eigenvalue weighted by molar-refractivity contribution is -0.141. The molecule has 0 amide bonds. The van der Waals surface area contributed by atoms with Crippen molar-refractivity contribution in [1.29, 1.82) is 0 Å². The number of hydrogen-bond acceptors (Lipinski definition) is 2. The maximum atomic E-state index is 12.9. The van der Waals surface area contributed by atoms with E-state index in [0.717, 1.165) is 10.7 Å². The zero-order valence-corrected chi connectivity index (χ0v) is 8.37. The molecule has 2 N–H and O–H groups in total. The van der Waals surface area contributed by atoms with Crippen molar-refractivity contribution in [2.45, 2.75) is 6.18 Å². The highest BCUT2D eigenvalue weighted by molar-refractivity contribution is 5.43. The summed E-state index contributed by atoms with van der Waals surface area (Å²) in [4.78, 5) is 0. The SMILES string of the molecule is Nc1cc(C(F)(F)F)nn1-c1cccc(F)c1. The van der Waals surface area contributed by atoms with Crippen molar-refractivity contribution in [2.24, 2.45) is 0 Å². The molecule has 3 nitrogen and oxygen atoms in total. The molecule has 0 saturated carbocycles. The molecule has 0 bridgehead atoms. The standard InChI is InChI=1S/C10H7F4N3/c11-6-2-1-3-7(4-6)17-9(15)5-8(16-17)10(12,13)14/h1-5H,15H2. The molecule has 0 radical (unpaired) electrons. The van der Waals surface area contributed by atoms with Crippen molar-refractivity contribution in [2.75, 3.05) is 5.73 Å². The van der Waals surface area contributed by atoms with E-state index in [4.69, 9.17) is 5.73 Å². The summed E-state index contributed by atoms with van der Waals surface area (Å²) in [6, 6.07) is 5.69. The molecular weight excluding hydrogens is 238 g/mol. The Morgan fingerprint density at radius 2 is 1.88 bits per heavy atom. The van der Waals surface area contributed by atoms with Gasteiger partial charge in [0.25, 0.3) is 0 Å². The fourth-order valence-electron chi connectivity index (χ4n) is 1.35. The van der Waals surface area contributed by atoms with Gasteiger partial charge in [-0.25, -0.2) is 9.07 Å². The molecule has 90 valence electrons. The molecule has 7 heteroatoms. The van der Waals surface area contributed by atoms with Gasteiger partial charge in [0, 0.05) is 6.07 Å². The Kier molecular flexibility index (Phi) is 2.53. The maximum Gasteiger partial charge on any atom is 0.435 e. The van der Waals surface area contributed by atoms with Crippen LogP contribution in [0, 0.1) is 5.82 Å². The van der Waals surface area contributed by atoms with Gasteiger partial charge in [0.2, 0.25) is 0 Å². The molecule has 0 saturated heterocycles. The molecule has 2 aromatic rings. The predicted molar refractivity (Wildman–Crippen MR) is 52.9 cm³/mol. The lowest BCUT2D eigenvalue weighted by Crippen LogP contribution is -2.07. The third kappa shape index (κ3) is 2.22. The first-order valence-electron chi connectivity index (χ1n) is 4.56. The topological polar surface area (TPSA) is 43.8 Å². The zero-order valence-electron chi connectivity index (χ0n) is 8.37. The highest BCUT2D eigenvalue weighted by Crippen LogP contribution is 2.30. The van der Waals surface area contributed by atoms with Crippen molar-refractivity contribution in [3.8, 4) is 5.69 Å². The van der Waals surface area contributed by atoms with E-state index in [-0.39, 0.29) is 11.5 Å². The Labute approximate surface area is 93.5 Å². The second kappa shape index (κ2) is 3.76. The van der Waals surface area contributed by atoms with Crippen LogP contribution in [0.2, 0.25) is 0 Å². The molecule has 0 fully saturated rings. The number of benzene rings is 1. The number of hydrogen-bond donors (Lipinski definition) is 1. The number of nitrogens with two attached hydrogens (primary N) is 1. The third-order valence-electron chi connectivity index (χ3n) is 2.08. The summed E-state index contributed by atoms with van der Waals surface area (Å²) >= 11 is 0.